The van der Waals surface area contributed by atoms with E-state index >= 15 is 0 Å². The van der Waals surface area contributed by atoms with Crippen molar-refractivity contribution < 1.29 is 18.7 Å². The number of oxazole rings is 1. The van der Waals surface area contributed by atoms with E-state index in [1.165, 1.54) is 6.26 Å². The minimum Gasteiger partial charge on any atom is -0.459 e. The number of likely N-dealkylation sites (tertiary alicyclic amines) is 1. The Balaban J connectivity index is 1.25. The van der Waals surface area contributed by atoms with Crippen LogP contribution in [0.2, 0.25) is 0 Å². The van der Waals surface area contributed by atoms with Crippen molar-refractivity contribution >= 4 is 23.2 Å². The van der Waals surface area contributed by atoms with Gasteiger partial charge in [0.1, 0.15) is 18.6 Å². The van der Waals surface area contributed by atoms with Gasteiger partial charge in [0.25, 0.3) is 0 Å². The zero-order valence-corrected chi connectivity index (χ0v) is 14.7. The van der Waals surface area contributed by atoms with Gasteiger partial charge in [-0.3, -0.25) is 9.59 Å². The van der Waals surface area contributed by atoms with Crippen molar-refractivity contribution in [3.05, 3.63) is 29.5 Å². The van der Waals surface area contributed by atoms with Crippen LogP contribution in [-0.4, -0.2) is 34.8 Å². The molecular formula is C18H20N2O4S. The fourth-order valence-corrected chi connectivity index (χ4v) is 3.73. The second-order valence-corrected chi connectivity index (χ2v) is 7.55. The number of hydrogen-bond acceptors (Lipinski definition) is 6. The molecule has 1 amide bonds. The largest absolute Gasteiger partial charge is 0.459 e. The Kier molecular flexibility index (Phi) is 4.57. The first-order chi connectivity index (χ1) is 12.2. The number of thiophene rings is 1. The van der Waals surface area contributed by atoms with Crippen LogP contribution in [0.1, 0.15) is 31.4 Å². The van der Waals surface area contributed by atoms with E-state index in [2.05, 4.69) is 4.98 Å². The molecule has 2 fully saturated rings. The maximum absolute atomic E-state index is 12.2. The van der Waals surface area contributed by atoms with Gasteiger partial charge in [-0.1, -0.05) is 6.07 Å². The van der Waals surface area contributed by atoms with E-state index in [1.54, 1.807) is 11.3 Å². The third-order valence-corrected chi connectivity index (χ3v) is 5.57. The Bertz CT molecular complexity index is 743. The quantitative estimate of drug-likeness (QED) is 0.766. The first-order valence-electron chi connectivity index (χ1n) is 8.64. The normalized spacial score (nSPS) is 18.3. The lowest BCUT2D eigenvalue weighted by atomic mass is 9.97. The summed E-state index contributed by atoms with van der Waals surface area (Å²) in [6, 6.07) is 3.87. The highest BCUT2D eigenvalue weighted by Crippen LogP contribution is 2.32. The summed E-state index contributed by atoms with van der Waals surface area (Å²) in [5.74, 6) is 0.711. The van der Waals surface area contributed by atoms with E-state index in [0.29, 0.717) is 37.5 Å². The van der Waals surface area contributed by atoms with Crippen molar-refractivity contribution in [1.29, 1.82) is 0 Å². The van der Waals surface area contributed by atoms with E-state index in [4.69, 9.17) is 9.15 Å². The van der Waals surface area contributed by atoms with Crippen LogP contribution in [0.4, 0.5) is 0 Å². The van der Waals surface area contributed by atoms with Gasteiger partial charge in [0, 0.05) is 19.0 Å². The smallest absolute Gasteiger partial charge is 0.309 e. The second-order valence-electron chi connectivity index (χ2n) is 6.60. The van der Waals surface area contributed by atoms with Crippen LogP contribution in [0.5, 0.6) is 0 Å². The summed E-state index contributed by atoms with van der Waals surface area (Å²) < 4.78 is 10.8. The average Bonchev–Trinajstić information content (AvgIpc) is 3.15. The number of ether oxygens (including phenoxy) is 1. The monoisotopic (exact) mass is 360 g/mol. The van der Waals surface area contributed by atoms with Gasteiger partial charge in [-0.25, -0.2) is 4.98 Å². The zero-order chi connectivity index (χ0) is 17.2. The van der Waals surface area contributed by atoms with Crippen molar-refractivity contribution in [2.75, 3.05) is 13.1 Å². The number of rotatable bonds is 5. The third-order valence-electron chi connectivity index (χ3n) is 4.71. The topological polar surface area (TPSA) is 72.6 Å². The lowest BCUT2D eigenvalue weighted by molar-refractivity contribution is -0.153. The van der Waals surface area contributed by atoms with E-state index in [0.717, 1.165) is 17.7 Å². The van der Waals surface area contributed by atoms with E-state index in [9.17, 15) is 9.59 Å². The standard InChI is InChI=1S/C18H20N2O4S/c21-17(12-3-4-12)20-7-5-13(6-8-20)18(22)24-11-14-10-23-16(19-14)15-2-1-9-25-15/h1-2,9-10,12-13H,3-8,11H2. The number of esters is 1. The number of aromatic nitrogens is 1. The van der Waals surface area contributed by atoms with Crippen LogP contribution < -0.4 is 0 Å². The van der Waals surface area contributed by atoms with Crippen LogP contribution in [0, 0.1) is 11.8 Å². The van der Waals surface area contributed by atoms with Crippen molar-refractivity contribution in [2.24, 2.45) is 11.8 Å². The van der Waals surface area contributed by atoms with Gasteiger partial charge in [0.2, 0.25) is 11.8 Å². The van der Waals surface area contributed by atoms with Crippen LogP contribution >= 0.6 is 11.3 Å². The molecule has 0 spiro atoms. The maximum atomic E-state index is 12.2. The fourth-order valence-electron chi connectivity index (χ4n) is 3.07. The van der Waals surface area contributed by atoms with Crippen LogP contribution in [-0.2, 0) is 20.9 Å². The maximum Gasteiger partial charge on any atom is 0.309 e. The number of nitrogens with zero attached hydrogens (tertiary/aromatic N) is 2. The molecule has 0 aromatic carbocycles. The van der Waals surface area contributed by atoms with E-state index in [-0.39, 0.29) is 30.3 Å². The van der Waals surface area contributed by atoms with Gasteiger partial charge >= 0.3 is 5.97 Å². The Labute approximate surface area is 149 Å². The molecule has 0 N–H and O–H groups in total. The molecule has 0 unspecified atom stereocenters. The van der Waals surface area contributed by atoms with E-state index < -0.39 is 0 Å². The van der Waals surface area contributed by atoms with Crippen molar-refractivity contribution in [3.63, 3.8) is 0 Å². The van der Waals surface area contributed by atoms with E-state index in [1.807, 2.05) is 22.4 Å². The van der Waals surface area contributed by atoms with Crippen LogP contribution in [0.15, 0.2) is 28.2 Å². The Morgan fingerprint density at radius 3 is 2.72 bits per heavy atom. The summed E-state index contributed by atoms with van der Waals surface area (Å²) in [6.07, 6.45) is 4.92. The molecule has 2 aromatic heterocycles. The molecule has 0 atom stereocenters. The minimum atomic E-state index is -0.209. The van der Waals surface area contributed by atoms with Gasteiger partial charge in [-0.15, -0.1) is 11.3 Å². The van der Waals surface area contributed by atoms with Gasteiger partial charge in [0.05, 0.1) is 10.8 Å². The number of amides is 1. The SMILES string of the molecule is O=C(OCc1coc(-c2cccs2)n1)C1CCN(C(=O)C2CC2)CC1. The molecule has 2 aromatic rings. The van der Waals surface area contributed by atoms with Gasteiger partial charge < -0.3 is 14.1 Å². The number of piperidine rings is 1. The molecule has 1 aliphatic heterocycles. The predicted molar refractivity (Wildman–Crippen MR) is 91.6 cm³/mol. The summed E-state index contributed by atoms with van der Waals surface area (Å²) in [7, 11) is 0. The molecule has 0 radical (unpaired) electrons. The minimum absolute atomic E-state index is 0.120. The number of carbonyl (C=O) groups is 2. The second kappa shape index (κ2) is 7.00. The van der Waals surface area contributed by atoms with Crippen LogP contribution in [0.25, 0.3) is 10.8 Å². The molecule has 3 heterocycles. The molecule has 1 saturated carbocycles. The van der Waals surface area contributed by atoms with Gasteiger partial charge in [-0.05, 0) is 37.1 Å². The highest BCUT2D eigenvalue weighted by atomic mass is 32.1. The summed E-state index contributed by atoms with van der Waals surface area (Å²) in [6.45, 7) is 1.43. The summed E-state index contributed by atoms with van der Waals surface area (Å²) >= 11 is 1.55. The summed E-state index contributed by atoms with van der Waals surface area (Å²) in [4.78, 5) is 31.5. The average molecular weight is 360 g/mol. The Hall–Kier alpha value is -2.15. The predicted octanol–water partition coefficient (Wildman–Crippen LogP) is 3.09. The molecule has 0 bridgehead atoms. The molecular weight excluding hydrogens is 340 g/mol. The Morgan fingerprint density at radius 1 is 1.24 bits per heavy atom. The zero-order valence-electron chi connectivity index (χ0n) is 13.8. The molecule has 1 aliphatic carbocycles. The van der Waals surface area contributed by atoms with Crippen molar-refractivity contribution in [2.45, 2.75) is 32.3 Å². The molecule has 4 rings (SSSR count). The summed E-state index contributed by atoms with van der Waals surface area (Å²) in [5, 5.41) is 1.96. The highest BCUT2D eigenvalue weighted by molar-refractivity contribution is 7.13. The van der Waals surface area contributed by atoms with Gasteiger partial charge in [-0.2, -0.15) is 0 Å². The first kappa shape index (κ1) is 16.3. The van der Waals surface area contributed by atoms with Crippen molar-refractivity contribution in [3.8, 4) is 10.8 Å². The molecule has 6 nitrogen and oxygen atoms in total. The Morgan fingerprint density at radius 2 is 2.04 bits per heavy atom. The molecule has 7 heteroatoms. The number of carbonyl (C=O) groups excluding carboxylic acids is 2. The fraction of sp³-hybridized carbons (Fsp3) is 0.500. The number of hydrogen-bond donors (Lipinski definition) is 0. The highest BCUT2D eigenvalue weighted by Gasteiger charge is 2.36. The van der Waals surface area contributed by atoms with Crippen LogP contribution in [0.3, 0.4) is 0 Å². The molecule has 25 heavy (non-hydrogen) atoms. The first-order valence-corrected chi connectivity index (χ1v) is 9.52. The van der Waals surface area contributed by atoms with Gasteiger partial charge in [0.15, 0.2) is 0 Å². The molecule has 1 saturated heterocycles. The lowest BCUT2D eigenvalue weighted by Gasteiger charge is -2.31. The lowest BCUT2D eigenvalue weighted by Crippen LogP contribution is -2.41. The summed E-state index contributed by atoms with van der Waals surface area (Å²) in [5.41, 5.74) is 0.609. The van der Waals surface area contributed by atoms with Crippen molar-refractivity contribution in [1.82, 2.24) is 9.88 Å². The molecule has 132 valence electrons. The molecule has 2 aliphatic rings. The third kappa shape index (κ3) is 3.76.